The van der Waals surface area contributed by atoms with Crippen molar-refractivity contribution in [2.45, 2.75) is 27.3 Å². The zero-order valence-electron chi connectivity index (χ0n) is 19.5. The number of fused-ring (bicyclic) bond motifs is 1. The highest BCUT2D eigenvalue weighted by Gasteiger charge is 2.16. The molecule has 1 N–H and O–H groups in total. The number of rotatable bonds is 4. The summed E-state index contributed by atoms with van der Waals surface area (Å²) < 4.78 is 1.74. The molecule has 0 saturated carbocycles. The van der Waals surface area contributed by atoms with E-state index in [1.54, 1.807) is 4.57 Å². The number of pyridine rings is 1. The van der Waals surface area contributed by atoms with Crippen LogP contribution in [0.3, 0.4) is 0 Å². The predicted octanol–water partition coefficient (Wildman–Crippen LogP) is 7.19. The van der Waals surface area contributed by atoms with Gasteiger partial charge in [0.15, 0.2) is 0 Å². The summed E-state index contributed by atoms with van der Waals surface area (Å²) in [6.45, 7) is 13.9. The first-order valence-electron chi connectivity index (χ1n) is 11.3. The first-order chi connectivity index (χ1) is 16.4. The van der Waals surface area contributed by atoms with Crippen LogP contribution in [0.15, 0.2) is 83.8 Å². The van der Waals surface area contributed by atoms with Crippen molar-refractivity contribution < 1.29 is 0 Å². The van der Waals surface area contributed by atoms with Gasteiger partial charge in [-0.2, -0.15) is 0 Å². The number of benzene rings is 3. The zero-order valence-corrected chi connectivity index (χ0v) is 19.5. The molecule has 5 rings (SSSR count). The zero-order chi connectivity index (χ0) is 23.8. The maximum atomic E-state index is 13.4. The molecule has 34 heavy (non-hydrogen) atoms. The van der Waals surface area contributed by atoms with Crippen LogP contribution in [-0.2, 0) is 6.54 Å². The normalized spacial score (nSPS) is 11.0. The molecule has 3 aromatic carbocycles. The second-order valence-corrected chi connectivity index (χ2v) is 8.85. The van der Waals surface area contributed by atoms with Gasteiger partial charge in [-0.15, -0.1) is 0 Å². The van der Waals surface area contributed by atoms with Crippen LogP contribution >= 0.6 is 0 Å². The molecule has 2 heterocycles. The number of hydrogen-bond donors (Lipinski definition) is 1. The maximum absolute atomic E-state index is 13.4. The summed E-state index contributed by atoms with van der Waals surface area (Å²) >= 11 is 0. The van der Waals surface area contributed by atoms with Crippen molar-refractivity contribution in [2.24, 2.45) is 0 Å². The van der Waals surface area contributed by atoms with E-state index in [0.717, 1.165) is 44.4 Å². The first kappa shape index (κ1) is 21.5. The van der Waals surface area contributed by atoms with Crippen LogP contribution < -0.4 is 5.56 Å². The van der Waals surface area contributed by atoms with Gasteiger partial charge in [-0.1, -0.05) is 48.0 Å². The van der Waals surface area contributed by atoms with Gasteiger partial charge in [-0.05, 0) is 89.9 Å². The lowest BCUT2D eigenvalue weighted by atomic mass is 9.99. The van der Waals surface area contributed by atoms with Gasteiger partial charge in [0.1, 0.15) is 0 Å². The third-order valence-corrected chi connectivity index (χ3v) is 6.45. The van der Waals surface area contributed by atoms with E-state index in [0.29, 0.717) is 12.1 Å². The van der Waals surface area contributed by atoms with Crippen molar-refractivity contribution in [1.82, 2.24) is 9.55 Å². The predicted molar refractivity (Wildman–Crippen MR) is 139 cm³/mol. The summed E-state index contributed by atoms with van der Waals surface area (Å²) in [5.41, 5.74) is 9.11. The van der Waals surface area contributed by atoms with Crippen LogP contribution in [0.25, 0.3) is 38.1 Å². The van der Waals surface area contributed by atoms with Crippen molar-refractivity contribution in [3.05, 3.63) is 123 Å². The molecule has 0 spiro atoms. The van der Waals surface area contributed by atoms with Crippen LogP contribution in [0, 0.1) is 27.3 Å². The van der Waals surface area contributed by atoms with Crippen LogP contribution in [0.1, 0.15) is 22.3 Å². The van der Waals surface area contributed by atoms with E-state index in [-0.39, 0.29) is 11.2 Å². The highest BCUT2D eigenvalue weighted by atomic mass is 16.1. The van der Waals surface area contributed by atoms with Crippen LogP contribution in [-0.4, -0.2) is 9.55 Å². The van der Waals surface area contributed by atoms with E-state index in [4.69, 9.17) is 6.57 Å². The van der Waals surface area contributed by atoms with Crippen molar-refractivity contribution in [3.8, 4) is 22.4 Å². The summed E-state index contributed by atoms with van der Waals surface area (Å²) in [7, 11) is 0. The fraction of sp³-hybridized carbons (Fsp3) is 0.133. The Labute approximate surface area is 199 Å². The molecule has 0 aliphatic carbocycles. The van der Waals surface area contributed by atoms with E-state index in [2.05, 4.69) is 78.3 Å². The van der Waals surface area contributed by atoms with Gasteiger partial charge in [-0.25, -0.2) is 4.85 Å². The molecule has 0 aliphatic heterocycles. The lowest BCUT2D eigenvalue weighted by Crippen LogP contribution is -2.23. The summed E-state index contributed by atoms with van der Waals surface area (Å²) in [5, 5.41) is 1.16. The molecule has 0 atom stereocenters. The molecule has 2 aromatic heterocycles. The minimum absolute atomic E-state index is 0.183. The van der Waals surface area contributed by atoms with Crippen molar-refractivity contribution >= 4 is 16.6 Å². The highest BCUT2D eigenvalue weighted by molar-refractivity contribution is 5.85. The van der Waals surface area contributed by atoms with Crippen LogP contribution in [0.2, 0.25) is 0 Å². The number of aryl methyl sites for hydroxylation is 3. The third kappa shape index (κ3) is 3.82. The molecular formula is C30H25N3O. The second kappa shape index (κ2) is 8.53. The largest absolute Gasteiger partial charge is 0.361 e. The smallest absolute Gasteiger partial charge is 0.257 e. The molecule has 0 bridgehead atoms. The quantitative estimate of drug-likeness (QED) is 0.294. The number of aromatic amines is 1. The SMILES string of the molecule is [C-]#[N+]c1c(C)cc(-c2cccc(-c3ccc4[nH]ccc4c3)c2)n(Cc2ccc(C)cc2C)c1=O. The number of nitrogens with one attached hydrogen (secondary N) is 1. The van der Waals surface area contributed by atoms with Crippen molar-refractivity contribution in [1.29, 1.82) is 0 Å². The lowest BCUT2D eigenvalue weighted by Gasteiger charge is -2.18. The van der Waals surface area contributed by atoms with E-state index >= 15 is 0 Å². The molecular weight excluding hydrogens is 418 g/mol. The molecule has 0 fully saturated rings. The Morgan fingerprint density at radius 2 is 1.65 bits per heavy atom. The maximum Gasteiger partial charge on any atom is 0.257 e. The monoisotopic (exact) mass is 443 g/mol. The molecule has 0 unspecified atom stereocenters. The fourth-order valence-electron chi connectivity index (χ4n) is 4.57. The second-order valence-electron chi connectivity index (χ2n) is 8.85. The molecule has 5 aromatic rings. The van der Waals surface area contributed by atoms with Crippen LogP contribution in [0.4, 0.5) is 5.69 Å². The van der Waals surface area contributed by atoms with Gasteiger partial charge in [0, 0.05) is 17.4 Å². The van der Waals surface area contributed by atoms with E-state index in [1.807, 2.05) is 31.3 Å². The van der Waals surface area contributed by atoms with Gasteiger partial charge in [-0.3, -0.25) is 4.79 Å². The first-order valence-corrected chi connectivity index (χ1v) is 11.3. The molecule has 0 aliphatic rings. The molecule has 0 saturated heterocycles. The van der Waals surface area contributed by atoms with E-state index < -0.39 is 0 Å². The number of nitrogens with zero attached hydrogens (tertiary/aromatic N) is 2. The molecule has 4 heteroatoms. The molecule has 0 amide bonds. The molecule has 4 nitrogen and oxygen atoms in total. The minimum atomic E-state index is -0.246. The average molecular weight is 444 g/mol. The molecule has 166 valence electrons. The topological polar surface area (TPSA) is 42.1 Å². The lowest BCUT2D eigenvalue weighted by molar-refractivity contribution is 0.765. The van der Waals surface area contributed by atoms with Crippen molar-refractivity contribution in [3.63, 3.8) is 0 Å². The third-order valence-electron chi connectivity index (χ3n) is 6.45. The Kier molecular flexibility index (Phi) is 5.39. The van der Waals surface area contributed by atoms with Gasteiger partial charge in [0.05, 0.1) is 13.1 Å². The van der Waals surface area contributed by atoms with Gasteiger partial charge in [0.25, 0.3) is 11.2 Å². The van der Waals surface area contributed by atoms with Gasteiger partial charge >= 0.3 is 0 Å². The highest BCUT2D eigenvalue weighted by Crippen LogP contribution is 2.30. The summed E-state index contributed by atoms with van der Waals surface area (Å²) in [6, 6.07) is 24.9. The number of aromatic nitrogens is 2. The number of H-pyrrole nitrogens is 1. The van der Waals surface area contributed by atoms with Gasteiger partial charge < -0.3 is 9.55 Å². The van der Waals surface area contributed by atoms with Crippen LogP contribution in [0.5, 0.6) is 0 Å². The Balaban J connectivity index is 1.67. The summed E-state index contributed by atoms with van der Waals surface area (Å²) in [5.74, 6) is 0. The summed E-state index contributed by atoms with van der Waals surface area (Å²) in [6.07, 6.45) is 1.94. The fourth-order valence-corrected chi connectivity index (χ4v) is 4.57. The van der Waals surface area contributed by atoms with Crippen molar-refractivity contribution in [2.75, 3.05) is 0 Å². The summed E-state index contributed by atoms with van der Waals surface area (Å²) in [4.78, 5) is 20.2. The Bertz CT molecular complexity index is 1650. The van der Waals surface area contributed by atoms with E-state index in [1.165, 1.54) is 5.56 Å². The van der Waals surface area contributed by atoms with Gasteiger partial charge in [0.2, 0.25) is 0 Å². The standard InChI is InChI=1S/C30H25N3O/c1-19-8-9-26(20(2)14-19)18-33-28(15-21(3)29(31-4)30(33)34)25-7-5-6-22(17-25)23-10-11-27-24(16-23)12-13-32-27/h5-17,32H,18H2,1-3H3. The molecule has 0 radical (unpaired) electrons. The average Bonchev–Trinajstić information content (AvgIpc) is 3.30. The Morgan fingerprint density at radius 1 is 0.853 bits per heavy atom. The number of hydrogen-bond acceptors (Lipinski definition) is 1. The Morgan fingerprint density at radius 3 is 2.44 bits per heavy atom. The van der Waals surface area contributed by atoms with E-state index in [9.17, 15) is 4.79 Å². The minimum Gasteiger partial charge on any atom is -0.361 e. The Hall–Kier alpha value is -4.36.